The number of hydrogen-bond acceptors (Lipinski definition) is 3. The van der Waals surface area contributed by atoms with Crippen LogP contribution in [0.3, 0.4) is 0 Å². The summed E-state index contributed by atoms with van der Waals surface area (Å²) in [5.41, 5.74) is 1.45. The standard InChI is InChI=1S/C17H19N3O2/c21-16-6-5-14(12-19-16)17(22)20-11-3-1-2-4-15(20)13-7-9-18-10-8-13/h5-10,12,15H,1-4,11H2,(H,19,21). The van der Waals surface area contributed by atoms with Crippen LogP contribution < -0.4 is 5.56 Å². The molecule has 1 amide bonds. The molecule has 3 rings (SSSR count). The Labute approximate surface area is 129 Å². The first-order valence-corrected chi connectivity index (χ1v) is 7.65. The van der Waals surface area contributed by atoms with E-state index < -0.39 is 0 Å². The van der Waals surface area contributed by atoms with Crippen LogP contribution in [-0.2, 0) is 0 Å². The third-order valence-electron chi connectivity index (χ3n) is 4.14. The van der Waals surface area contributed by atoms with Gasteiger partial charge < -0.3 is 9.88 Å². The van der Waals surface area contributed by atoms with Crippen LogP contribution in [0.1, 0.15) is 47.6 Å². The Kier molecular flexibility index (Phi) is 4.32. The number of rotatable bonds is 2. The minimum absolute atomic E-state index is 0.0278. The highest BCUT2D eigenvalue weighted by molar-refractivity contribution is 5.94. The summed E-state index contributed by atoms with van der Waals surface area (Å²) < 4.78 is 0. The van der Waals surface area contributed by atoms with Gasteiger partial charge in [0.2, 0.25) is 5.56 Å². The first-order valence-electron chi connectivity index (χ1n) is 7.65. The molecule has 3 heterocycles. The third kappa shape index (κ3) is 3.08. The van der Waals surface area contributed by atoms with Gasteiger partial charge in [-0.2, -0.15) is 0 Å². The zero-order valence-electron chi connectivity index (χ0n) is 12.4. The second kappa shape index (κ2) is 6.56. The van der Waals surface area contributed by atoms with Crippen molar-refractivity contribution < 1.29 is 4.79 Å². The second-order valence-corrected chi connectivity index (χ2v) is 5.59. The fraction of sp³-hybridized carbons (Fsp3) is 0.353. The molecule has 1 unspecified atom stereocenters. The minimum atomic E-state index is -0.196. The molecule has 1 fully saturated rings. The molecule has 22 heavy (non-hydrogen) atoms. The van der Waals surface area contributed by atoms with Crippen molar-refractivity contribution in [2.24, 2.45) is 0 Å². The van der Waals surface area contributed by atoms with Crippen LogP contribution in [0.15, 0.2) is 47.7 Å². The molecule has 5 heteroatoms. The van der Waals surface area contributed by atoms with Crippen LogP contribution >= 0.6 is 0 Å². The molecular formula is C17H19N3O2. The van der Waals surface area contributed by atoms with Crippen molar-refractivity contribution in [1.82, 2.24) is 14.9 Å². The first kappa shape index (κ1) is 14.5. The van der Waals surface area contributed by atoms with Crippen LogP contribution in [0.5, 0.6) is 0 Å². The van der Waals surface area contributed by atoms with E-state index in [2.05, 4.69) is 9.97 Å². The average Bonchev–Trinajstić information content (AvgIpc) is 2.81. The lowest BCUT2D eigenvalue weighted by atomic mass is 10.0. The van der Waals surface area contributed by atoms with Gasteiger partial charge in [-0.05, 0) is 36.6 Å². The molecule has 0 aliphatic carbocycles. The molecule has 2 aromatic rings. The molecule has 0 aromatic carbocycles. The number of H-pyrrole nitrogens is 1. The predicted octanol–water partition coefficient (Wildman–Crippen LogP) is 2.53. The lowest BCUT2D eigenvalue weighted by molar-refractivity contribution is 0.0680. The number of nitrogens with one attached hydrogen (secondary N) is 1. The number of aromatic nitrogens is 2. The summed E-state index contributed by atoms with van der Waals surface area (Å²) in [6.07, 6.45) is 9.25. The highest BCUT2D eigenvalue weighted by Gasteiger charge is 2.27. The van der Waals surface area contributed by atoms with Crippen LogP contribution in [-0.4, -0.2) is 27.3 Å². The Morgan fingerprint density at radius 1 is 1.14 bits per heavy atom. The van der Waals surface area contributed by atoms with Gasteiger partial charge in [0.15, 0.2) is 0 Å². The van der Waals surface area contributed by atoms with Crippen molar-refractivity contribution in [3.8, 4) is 0 Å². The van der Waals surface area contributed by atoms with Gasteiger partial charge in [-0.15, -0.1) is 0 Å². The summed E-state index contributed by atoms with van der Waals surface area (Å²) in [6.45, 7) is 0.741. The van der Waals surface area contributed by atoms with Crippen molar-refractivity contribution >= 4 is 5.91 Å². The van der Waals surface area contributed by atoms with E-state index in [1.165, 1.54) is 12.3 Å². The smallest absolute Gasteiger partial charge is 0.255 e. The van der Waals surface area contributed by atoms with E-state index >= 15 is 0 Å². The normalized spacial score (nSPS) is 18.7. The summed E-state index contributed by atoms with van der Waals surface area (Å²) in [5, 5.41) is 0. The SMILES string of the molecule is O=C(c1ccc(=O)[nH]c1)N1CCCCCC1c1ccncc1. The quantitative estimate of drug-likeness (QED) is 0.926. The molecule has 0 bridgehead atoms. The number of pyridine rings is 2. The van der Waals surface area contributed by atoms with E-state index in [4.69, 9.17) is 0 Å². The average molecular weight is 297 g/mol. The number of carbonyl (C=O) groups is 1. The van der Waals surface area contributed by atoms with Gasteiger partial charge in [0, 0.05) is 31.2 Å². The Bertz CT molecular complexity index is 676. The van der Waals surface area contributed by atoms with Gasteiger partial charge in [0.05, 0.1) is 11.6 Å². The molecule has 1 saturated heterocycles. The number of hydrogen-bond donors (Lipinski definition) is 1. The van der Waals surface area contributed by atoms with Gasteiger partial charge in [-0.3, -0.25) is 14.6 Å². The summed E-state index contributed by atoms with van der Waals surface area (Å²) in [5.74, 6) is -0.0278. The Hall–Kier alpha value is -2.43. The second-order valence-electron chi connectivity index (χ2n) is 5.59. The zero-order valence-corrected chi connectivity index (χ0v) is 12.4. The maximum Gasteiger partial charge on any atom is 0.255 e. The summed E-state index contributed by atoms with van der Waals surface area (Å²) in [7, 11) is 0. The zero-order chi connectivity index (χ0) is 15.4. The molecular weight excluding hydrogens is 278 g/mol. The number of likely N-dealkylation sites (tertiary alicyclic amines) is 1. The third-order valence-corrected chi connectivity index (χ3v) is 4.14. The highest BCUT2D eigenvalue weighted by Crippen LogP contribution is 2.30. The molecule has 2 aromatic heterocycles. The predicted molar refractivity (Wildman–Crippen MR) is 83.5 cm³/mol. The van der Waals surface area contributed by atoms with E-state index in [9.17, 15) is 9.59 Å². The molecule has 0 spiro atoms. The fourth-order valence-electron chi connectivity index (χ4n) is 2.99. The van der Waals surface area contributed by atoms with Gasteiger partial charge in [-0.1, -0.05) is 12.8 Å². The van der Waals surface area contributed by atoms with E-state index in [-0.39, 0.29) is 17.5 Å². The van der Waals surface area contributed by atoms with E-state index in [1.807, 2.05) is 17.0 Å². The maximum atomic E-state index is 12.8. The van der Waals surface area contributed by atoms with Crippen LogP contribution in [0.4, 0.5) is 0 Å². The lowest BCUT2D eigenvalue weighted by Gasteiger charge is -2.30. The topological polar surface area (TPSA) is 66.1 Å². The maximum absolute atomic E-state index is 12.8. The van der Waals surface area contributed by atoms with Crippen molar-refractivity contribution in [3.63, 3.8) is 0 Å². The largest absolute Gasteiger partial charge is 0.332 e. The van der Waals surface area contributed by atoms with Crippen molar-refractivity contribution in [1.29, 1.82) is 0 Å². The van der Waals surface area contributed by atoms with Crippen LogP contribution in [0.25, 0.3) is 0 Å². The highest BCUT2D eigenvalue weighted by atomic mass is 16.2. The molecule has 0 saturated carbocycles. The van der Waals surface area contributed by atoms with Crippen molar-refractivity contribution in [3.05, 3.63) is 64.3 Å². The number of aromatic amines is 1. The minimum Gasteiger partial charge on any atom is -0.332 e. The number of amides is 1. The molecule has 1 N–H and O–H groups in total. The summed E-state index contributed by atoms with van der Waals surface area (Å²) in [4.78, 5) is 32.6. The van der Waals surface area contributed by atoms with E-state index in [1.54, 1.807) is 18.5 Å². The summed E-state index contributed by atoms with van der Waals surface area (Å²) in [6, 6.07) is 7.01. The molecule has 0 radical (unpaired) electrons. The monoisotopic (exact) mass is 297 g/mol. The van der Waals surface area contributed by atoms with E-state index in [0.717, 1.165) is 37.8 Å². The summed E-state index contributed by atoms with van der Waals surface area (Å²) >= 11 is 0. The lowest BCUT2D eigenvalue weighted by Crippen LogP contribution is -2.35. The van der Waals surface area contributed by atoms with Crippen molar-refractivity contribution in [2.45, 2.75) is 31.7 Å². The van der Waals surface area contributed by atoms with Gasteiger partial charge in [0.1, 0.15) is 0 Å². The van der Waals surface area contributed by atoms with Gasteiger partial charge >= 0.3 is 0 Å². The Morgan fingerprint density at radius 2 is 1.95 bits per heavy atom. The number of nitrogens with zero attached hydrogens (tertiary/aromatic N) is 2. The first-order chi connectivity index (χ1) is 10.8. The Balaban J connectivity index is 1.91. The molecule has 1 aliphatic heterocycles. The molecule has 1 atom stereocenters. The van der Waals surface area contributed by atoms with Crippen LogP contribution in [0.2, 0.25) is 0 Å². The van der Waals surface area contributed by atoms with Crippen LogP contribution in [0, 0.1) is 0 Å². The Morgan fingerprint density at radius 3 is 2.68 bits per heavy atom. The van der Waals surface area contributed by atoms with Gasteiger partial charge in [-0.25, -0.2) is 0 Å². The van der Waals surface area contributed by atoms with E-state index in [0.29, 0.717) is 5.56 Å². The molecule has 5 nitrogen and oxygen atoms in total. The molecule has 114 valence electrons. The van der Waals surface area contributed by atoms with Crippen molar-refractivity contribution in [2.75, 3.05) is 6.54 Å². The fourth-order valence-corrected chi connectivity index (χ4v) is 2.99. The molecule has 1 aliphatic rings. The number of carbonyl (C=O) groups excluding carboxylic acids is 1. The van der Waals surface area contributed by atoms with Gasteiger partial charge in [0.25, 0.3) is 5.91 Å².